The van der Waals surface area contributed by atoms with Crippen molar-refractivity contribution in [1.82, 2.24) is 0 Å². The molecule has 0 N–H and O–H groups in total. The van der Waals surface area contributed by atoms with Crippen molar-refractivity contribution in [2.75, 3.05) is 5.75 Å². The van der Waals surface area contributed by atoms with Gasteiger partial charge in [-0.25, -0.2) is 17.6 Å². The molecule has 0 saturated carbocycles. The molecule has 0 radical (unpaired) electrons. The lowest BCUT2D eigenvalue weighted by atomic mass is 10.1. The molecule has 90 valence electrons. The summed E-state index contributed by atoms with van der Waals surface area (Å²) in [5.74, 6) is 0.0737. The Balaban J connectivity index is 3.88. The largest absolute Gasteiger partial charge is 0.288 e. The highest BCUT2D eigenvalue weighted by molar-refractivity contribution is 8.13. The Morgan fingerprint density at radius 2 is 1.73 bits per heavy atom. The van der Waals surface area contributed by atoms with Crippen molar-refractivity contribution in [3.05, 3.63) is 0 Å². The molecule has 0 aliphatic carbocycles. The monoisotopic (exact) mass is 246 g/mol. The number of rotatable bonds is 6. The highest BCUT2D eigenvalue weighted by Gasteiger charge is 2.33. The lowest BCUT2D eigenvalue weighted by Crippen LogP contribution is -2.34. The molecule has 0 spiro atoms. The van der Waals surface area contributed by atoms with Crippen LogP contribution >= 0.6 is 11.8 Å². The molecule has 4 unspecified atom stereocenters. The van der Waals surface area contributed by atoms with Crippen LogP contribution in [0.15, 0.2) is 0 Å². The predicted molar refractivity (Wildman–Crippen MR) is 53.0 cm³/mol. The molecule has 0 heterocycles. The van der Waals surface area contributed by atoms with Gasteiger partial charge in [0, 0.05) is 12.7 Å². The molecule has 0 aliphatic rings. The molecule has 0 rings (SSSR count). The number of hydrogen-bond donors (Lipinski definition) is 0. The maximum absolute atomic E-state index is 13.0. The molecule has 6 heteroatoms. The van der Waals surface area contributed by atoms with Gasteiger partial charge in [0.05, 0.1) is 0 Å². The van der Waals surface area contributed by atoms with Crippen LogP contribution in [-0.4, -0.2) is 35.6 Å². The van der Waals surface area contributed by atoms with Gasteiger partial charge in [-0.05, 0) is 13.3 Å². The van der Waals surface area contributed by atoms with Crippen LogP contribution in [0.2, 0.25) is 0 Å². The van der Waals surface area contributed by atoms with Crippen LogP contribution in [0.4, 0.5) is 17.6 Å². The Morgan fingerprint density at radius 3 is 2.13 bits per heavy atom. The molecule has 0 amide bonds. The van der Waals surface area contributed by atoms with Crippen molar-refractivity contribution in [3.8, 4) is 0 Å². The van der Waals surface area contributed by atoms with E-state index in [4.69, 9.17) is 0 Å². The Hall–Kier alpha value is -0.260. The SMILES string of the molecule is CC(=O)SCCC(F)C(F)C(F)C(C)F. The van der Waals surface area contributed by atoms with Gasteiger partial charge < -0.3 is 0 Å². The lowest BCUT2D eigenvalue weighted by molar-refractivity contribution is -0.109. The van der Waals surface area contributed by atoms with Crippen molar-refractivity contribution in [2.45, 2.75) is 45.0 Å². The fraction of sp³-hybridized carbons (Fsp3) is 0.889. The quantitative estimate of drug-likeness (QED) is 0.670. The first-order valence-electron chi connectivity index (χ1n) is 4.56. The summed E-state index contributed by atoms with van der Waals surface area (Å²) < 4.78 is 50.8. The van der Waals surface area contributed by atoms with Gasteiger partial charge in [-0.1, -0.05) is 11.8 Å². The van der Waals surface area contributed by atoms with Crippen molar-refractivity contribution in [1.29, 1.82) is 0 Å². The Labute approximate surface area is 90.6 Å². The van der Waals surface area contributed by atoms with Crippen molar-refractivity contribution in [3.63, 3.8) is 0 Å². The van der Waals surface area contributed by atoms with E-state index in [0.717, 1.165) is 18.7 Å². The molecule has 0 aromatic carbocycles. The summed E-state index contributed by atoms with van der Waals surface area (Å²) in [5, 5.41) is -0.215. The minimum Gasteiger partial charge on any atom is -0.288 e. The third kappa shape index (κ3) is 6.02. The average molecular weight is 246 g/mol. The van der Waals surface area contributed by atoms with Crippen molar-refractivity contribution < 1.29 is 22.4 Å². The van der Waals surface area contributed by atoms with Crippen LogP contribution in [-0.2, 0) is 4.79 Å². The third-order valence-electron chi connectivity index (χ3n) is 1.79. The fourth-order valence-electron chi connectivity index (χ4n) is 0.927. The fourth-order valence-corrected chi connectivity index (χ4v) is 1.56. The van der Waals surface area contributed by atoms with E-state index in [-0.39, 0.29) is 17.3 Å². The van der Waals surface area contributed by atoms with Gasteiger partial charge in [-0.2, -0.15) is 0 Å². The number of hydrogen-bond acceptors (Lipinski definition) is 2. The van der Waals surface area contributed by atoms with E-state index >= 15 is 0 Å². The highest BCUT2D eigenvalue weighted by Crippen LogP contribution is 2.20. The van der Waals surface area contributed by atoms with Gasteiger partial charge in [0.15, 0.2) is 17.5 Å². The maximum atomic E-state index is 13.0. The van der Waals surface area contributed by atoms with Gasteiger partial charge in [-0.3, -0.25) is 4.79 Å². The highest BCUT2D eigenvalue weighted by atomic mass is 32.2. The minimum absolute atomic E-state index is 0.0737. The Bertz CT molecular complexity index is 201. The van der Waals surface area contributed by atoms with Crippen LogP contribution in [0.1, 0.15) is 20.3 Å². The molecular formula is C9H14F4OS. The van der Waals surface area contributed by atoms with Crippen LogP contribution < -0.4 is 0 Å². The van der Waals surface area contributed by atoms with Gasteiger partial charge in [0.25, 0.3) is 0 Å². The van der Waals surface area contributed by atoms with Crippen molar-refractivity contribution in [2.24, 2.45) is 0 Å². The topological polar surface area (TPSA) is 17.1 Å². The molecular weight excluding hydrogens is 232 g/mol. The average Bonchev–Trinajstić information content (AvgIpc) is 2.14. The maximum Gasteiger partial charge on any atom is 0.185 e. The van der Waals surface area contributed by atoms with Crippen LogP contribution in [0, 0.1) is 0 Å². The van der Waals surface area contributed by atoms with Gasteiger partial charge >= 0.3 is 0 Å². The summed E-state index contributed by atoms with van der Waals surface area (Å²) in [6.07, 6.45) is -9.29. The predicted octanol–water partition coefficient (Wildman–Crippen LogP) is 3.03. The number of thioether (sulfide) groups is 1. The zero-order chi connectivity index (χ0) is 12.0. The van der Waals surface area contributed by atoms with Crippen LogP contribution in [0.3, 0.4) is 0 Å². The van der Waals surface area contributed by atoms with Gasteiger partial charge in [-0.15, -0.1) is 0 Å². The Morgan fingerprint density at radius 1 is 1.20 bits per heavy atom. The van der Waals surface area contributed by atoms with E-state index in [1.807, 2.05) is 0 Å². The van der Waals surface area contributed by atoms with Crippen molar-refractivity contribution >= 4 is 16.9 Å². The molecule has 1 nitrogen and oxygen atoms in total. The minimum atomic E-state index is -2.46. The first-order valence-corrected chi connectivity index (χ1v) is 5.54. The Kier molecular flexibility index (Phi) is 6.96. The second-order valence-electron chi connectivity index (χ2n) is 3.21. The van der Waals surface area contributed by atoms with E-state index in [1.165, 1.54) is 6.92 Å². The number of halogens is 4. The zero-order valence-electron chi connectivity index (χ0n) is 8.55. The standard InChI is InChI=1S/C9H14F4OS/c1-5(10)8(12)9(13)7(11)3-4-15-6(2)14/h5,7-9H,3-4H2,1-2H3. The van der Waals surface area contributed by atoms with E-state index in [1.54, 1.807) is 0 Å². The molecule has 0 fully saturated rings. The summed E-state index contributed by atoms with van der Waals surface area (Å²) in [5.41, 5.74) is 0. The summed E-state index contributed by atoms with van der Waals surface area (Å²) in [7, 11) is 0. The van der Waals surface area contributed by atoms with Gasteiger partial charge in [0.1, 0.15) is 12.3 Å². The molecule has 0 aliphatic heterocycles. The normalized spacial score (nSPS) is 19.3. The van der Waals surface area contributed by atoms with Crippen LogP contribution in [0.25, 0.3) is 0 Å². The van der Waals surface area contributed by atoms with E-state index < -0.39 is 24.7 Å². The molecule has 0 bridgehead atoms. The summed E-state index contributed by atoms with van der Waals surface area (Å²) in [4.78, 5) is 10.4. The third-order valence-corrected chi connectivity index (χ3v) is 2.63. The first kappa shape index (κ1) is 14.7. The second-order valence-corrected chi connectivity index (χ2v) is 4.48. The van der Waals surface area contributed by atoms with E-state index in [9.17, 15) is 22.4 Å². The second kappa shape index (κ2) is 7.09. The number of carbonyl (C=O) groups excluding carboxylic acids is 1. The molecule has 0 aromatic heterocycles. The van der Waals surface area contributed by atoms with E-state index in [2.05, 4.69) is 0 Å². The summed E-state index contributed by atoms with van der Waals surface area (Å²) >= 11 is 0.835. The molecule has 0 saturated heterocycles. The summed E-state index contributed by atoms with van der Waals surface area (Å²) in [6.45, 7) is 2.14. The molecule has 0 aromatic rings. The summed E-state index contributed by atoms with van der Waals surface area (Å²) in [6, 6.07) is 0. The molecule has 4 atom stereocenters. The van der Waals surface area contributed by atoms with E-state index in [0.29, 0.717) is 0 Å². The van der Waals surface area contributed by atoms with Crippen LogP contribution in [0.5, 0.6) is 0 Å². The smallest absolute Gasteiger partial charge is 0.185 e. The number of alkyl halides is 4. The number of carbonyl (C=O) groups is 1. The zero-order valence-corrected chi connectivity index (χ0v) is 9.37. The first-order chi connectivity index (χ1) is 6.86. The molecule has 15 heavy (non-hydrogen) atoms. The lowest BCUT2D eigenvalue weighted by Gasteiger charge is -2.17. The van der Waals surface area contributed by atoms with Gasteiger partial charge in [0.2, 0.25) is 0 Å².